The van der Waals surface area contributed by atoms with Gasteiger partial charge in [0.05, 0.1) is 11.6 Å². The molecule has 100 valence electrons. The molecule has 0 atom stereocenters. The fourth-order valence-corrected chi connectivity index (χ4v) is 1.72. The largest absolute Gasteiger partial charge is 0.476 e. The Bertz CT molecular complexity index is 422. The monoisotopic (exact) mass is 288 g/mol. The molecule has 1 aromatic heterocycles. The van der Waals surface area contributed by atoms with Crippen molar-refractivity contribution in [3.63, 3.8) is 0 Å². The van der Waals surface area contributed by atoms with Gasteiger partial charge in [0.2, 0.25) is 5.88 Å². The van der Waals surface area contributed by atoms with Gasteiger partial charge in [-0.25, -0.2) is 0 Å². The van der Waals surface area contributed by atoms with Crippen molar-refractivity contribution in [1.82, 2.24) is 4.98 Å². The van der Waals surface area contributed by atoms with E-state index in [0.717, 1.165) is 25.0 Å². The summed E-state index contributed by atoms with van der Waals surface area (Å²) >= 11 is 12.1. The highest BCUT2D eigenvalue weighted by atomic mass is 35.5. The van der Waals surface area contributed by atoms with Crippen LogP contribution in [-0.2, 0) is 0 Å². The van der Waals surface area contributed by atoms with E-state index >= 15 is 0 Å². The maximum Gasteiger partial charge on any atom is 0.234 e. The first-order valence-electron chi connectivity index (χ1n) is 5.91. The molecule has 0 aliphatic heterocycles. The molecule has 0 aliphatic rings. The fourth-order valence-electron chi connectivity index (χ4n) is 1.24. The summed E-state index contributed by atoms with van der Waals surface area (Å²) in [6, 6.07) is 1.64. The van der Waals surface area contributed by atoms with Gasteiger partial charge in [-0.1, -0.05) is 35.7 Å². The van der Waals surface area contributed by atoms with Crippen molar-refractivity contribution in [3.05, 3.63) is 28.3 Å². The van der Waals surface area contributed by atoms with Gasteiger partial charge in [-0.15, -0.1) is 6.58 Å². The molecule has 1 heterocycles. The zero-order chi connectivity index (χ0) is 13.5. The van der Waals surface area contributed by atoms with Crippen LogP contribution in [0.15, 0.2) is 18.2 Å². The molecule has 1 rings (SSSR count). The summed E-state index contributed by atoms with van der Waals surface area (Å²) in [5.74, 6) is 1.01. The molecule has 1 N–H and O–H groups in total. The topological polar surface area (TPSA) is 34.1 Å². The van der Waals surface area contributed by atoms with Crippen molar-refractivity contribution in [1.29, 1.82) is 0 Å². The van der Waals surface area contributed by atoms with Gasteiger partial charge < -0.3 is 10.1 Å². The van der Waals surface area contributed by atoms with E-state index in [1.165, 1.54) is 0 Å². The third-order valence-electron chi connectivity index (χ3n) is 2.21. The van der Waals surface area contributed by atoms with Crippen LogP contribution in [0.4, 0.5) is 5.82 Å². The lowest BCUT2D eigenvalue weighted by molar-refractivity contribution is 0.310. The summed E-state index contributed by atoms with van der Waals surface area (Å²) in [6.45, 7) is 9.15. The highest BCUT2D eigenvalue weighted by molar-refractivity contribution is 6.36. The Hall–Kier alpha value is -0.930. The van der Waals surface area contributed by atoms with Gasteiger partial charge in [0, 0.05) is 13.0 Å². The Morgan fingerprint density at radius 2 is 2.17 bits per heavy atom. The molecular formula is C13H18Cl2N2O. The fraction of sp³-hybridized carbons (Fsp3) is 0.462. The second-order valence-electron chi connectivity index (χ2n) is 4.09. The first kappa shape index (κ1) is 15.1. The molecule has 18 heavy (non-hydrogen) atoms. The van der Waals surface area contributed by atoms with E-state index in [9.17, 15) is 0 Å². The molecule has 5 heteroatoms. The maximum atomic E-state index is 6.04. The Morgan fingerprint density at radius 1 is 1.44 bits per heavy atom. The second-order valence-corrected chi connectivity index (χ2v) is 4.90. The summed E-state index contributed by atoms with van der Waals surface area (Å²) in [4.78, 5) is 4.28. The number of halogens is 2. The number of hydrogen-bond acceptors (Lipinski definition) is 3. The van der Waals surface area contributed by atoms with E-state index in [4.69, 9.17) is 27.9 Å². The van der Waals surface area contributed by atoms with Crippen molar-refractivity contribution in [3.8, 4) is 5.88 Å². The molecule has 0 fully saturated rings. The average molecular weight is 289 g/mol. The third-order valence-corrected chi connectivity index (χ3v) is 2.77. The normalized spacial score (nSPS) is 10.2. The average Bonchev–Trinajstić information content (AvgIpc) is 2.30. The number of rotatable bonds is 7. The van der Waals surface area contributed by atoms with Crippen LogP contribution in [0.2, 0.25) is 10.0 Å². The SMILES string of the molecule is C=C(C)CCOc1nc(NCCC)c(Cl)cc1Cl. The van der Waals surface area contributed by atoms with E-state index in [1.54, 1.807) is 6.07 Å². The minimum atomic E-state index is 0.404. The van der Waals surface area contributed by atoms with Gasteiger partial charge in [-0.2, -0.15) is 4.98 Å². The van der Waals surface area contributed by atoms with Gasteiger partial charge in [0.25, 0.3) is 0 Å². The predicted molar refractivity (Wildman–Crippen MR) is 78.0 cm³/mol. The first-order valence-corrected chi connectivity index (χ1v) is 6.67. The van der Waals surface area contributed by atoms with Crippen LogP contribution in [0.1, 0.15) is 26.7 Å². The van der Waals surface area contributed by atoms with E-state index < -0.39 is 0 Å². The smallest absolute Gasteiger partial charge is 0.234 e. The van der Waals surface area contributed by atoms with Crippen LogP contribution < -0.4 is 10.1 Å². The van der Waals surface area contributed by atoms with E-state index in [2.05, 4.69) is 23.8 Å². The Balaban J connectivity index is 2.74. The van der Waals surface area contributed by atoms with Crippen molar-refractivity contribution in [2.24, 2.45) is 0 Å². The molecule has 3 nitrogen and oxygen atoms in total. The lowest BCUT2D eigenvalue weighted by Crippen LogP contribution is -2.05. The number of ether oxygens (including phenoxy) is 1. The van der Waals surface area contributed by atoms with Crippen LogP contribution in [0.3, 0.4) is 0 Å². The molecular weight excluding hydrogens is 271 g/mol. The quantitative estimate of drug-likeness (QED) is 0.747. The summed E-state index contributed by atoms with van der Waals surface area (Å²) in [5, 5.41) is 4.05. The highest BCUT2D eigenvalue weighted by Gasteiger charge is 2.10. The number of nitrogens with zero attached hydrogens (tertiary/aromatic N) is 1. The summed E-state index contributed by atoms with van der Waals surface area (Å²) in [6.07, 6.45) is 1.77. The first-order chi connectivity index (χ1) is 8.54. The lowest BCUT2D eigenvalue weighted by Gasteiger charge is -2.11. The number of hydrogen-bond donors (Lipinski definition) is 1. The summed E-state index contributed by atoms with van der Waals surface area (Å²) in [5.41, 5.74) is 1.06. The number of aromatic nitrogens is 1. The van der Waals surface area contributed by atoms with Crippen LogP contribution in [0.25, 0.3) is 0 Å². The van der Waals surface area contributed by atoms with Crippen LogP contribution >= 0.6 is 23.2 Å². The number of nitrogens with one attached hydrogen (secondary N) is 1. The molecule has 0 saturated carbocycles. The van der Waals surface area contributed by atoms with Crippen molar-refractivity contribution >= 4 is 29.0 Å². The van der Waals surface area contributed by atoms with Gasteiger partial charge in [0.15, 0.2) is 0 Å². The zero-order valence-corrected chi connectivity index (χ0v) is 12.2. The Labute approximate surface area is 118 Å². The molecule has 1 aromatic rings. The number of anilines is 1. The van der Waals surface area contributed by atoms with Crippen molar-refractivity contribution in [2.45, 2.75) is 26.7 Å². The van der Waals surface area contributed by atoms with Gasteiger partial charge in [0.1, 0.15) is 10.8 Å². The van der Waals surface area contributed by atoms with Gasteiger partial charge in [-0.05, 0) is 19.4 Å². The minimum absolute atomic E-state index is 0.404. The highest BCUT2D eigenvalue weighted by Crippen LogP contribution is 2.30. The van der Waals surface area contributed by atoms with Crippen LogP contribution in [0, 0.1) is 0 Å². The lowest BCUT2D eigenvalue weighted by atomic mass is 10.3. The zero-order valence-electron chi connectivity index (χ0n) is 10.7. The molecule has 0 radical (unpaired) electrons. The summed E-state index contributed by atoms with van der Waals surface area (Å²) < 4.78 is 5.52. The molecule has 0 aromatic carbocycles. The maximum absolute atomic E-state index is 6.04. The van der Waals surface area contributed by atoms with Gasteiger partial charge in [-0.3, -0.25) is 0 Å². The van der Waals surface area contributed by atoms with Crippen LogP contribution in [0.5, 0.6) is 5.88 Å². The van der Waals surface area contributed by atoms with E-state index in [0.29, 0.717) is 28.3 Å². The third kappa shape index (κ3) is 4.75. The molecule has 0 bridgehead atoms. The molecule has 0 amide bonds. The Kier molecular flexibility index (Phi) is 6.30. The standard InChI is InChI=1S/C13H18Cl2N2O/c1-4-6-16-12-10(14)8-11(15)13(17-12)18-7-5-9(2)3/h8H,2,4-7H2,1,3H3,(H,16,17). The van der Waals surface area contributed by atoms with Crippen LogP contribution in [-0.4, -0.2) is 18.1 Å². The molecule has 0 unspecified atom stereocenters. The van der Waals surface area contributed by atoms with Crippen molar-refractivity contribution < 1.29 is 4.74 Å². The second kappa shape index (κ2) is 7.49. The number of pyridine rings is 1. The summed E-state index contributed by atoms with van der Waals surface area (Å²) in [7, 11) is 0. The van der Waals surface area contributed by atoms with E-state index in [1.807, 2.05) is 6.92 Å². The van der Waals surface area contributed by atoms with E-state index in [-0.39, 0.29) is 0 Å². The predicted octanol–water partition coefficient (Wildman–Crippen LogP) is 4.56. The minimum Gasteiger partial charge on any atom is -0.476 e. The molecule has 0 spiro atoms. The van der Waals surface area contributed by atoms with Crippen molar-refractivity contribution in [2.75, 3.05) is 18.5 Å². The van der Waals surface area contributed by atoms with Gasteiger partial charge >= 0.3 is 0 Å². The molecule has 0 saturated heterocycles. The molecule has 0 aliphatic carbocycles. The Morgan fingerprint density at radius 3 is 2.78 bits per heavy atom.